The van der Waals surface area contributed by atoms with E-state index >= 15 is 0 Å². The maximum absolute atomic E-state index is 2.46. The fraction of sp³-hybridized carbons (Fsp3) is 0.571. The zero-order valence-electron chi connectivity index (χ0n) is 9.43. The van der Waals surface area contributed by atoms with Gasteiger partial charge in [0.2, 0.25) is 0 Å². The first kappa shape index (κ1) is 11.4. The van der Waals surface area contributed by atoms with Crippen LogP contribution < -0.4 is 0 Å². The Labute approximate surface area is 107 Å². The molecule has 0 N–H and O–H groups in total. The zero-order chi connectivity index (χ0) is 10.7. The van der Waals surface area contributed by atoms with E-state index in [1.54, 1.807) is 5.56 Å². The van der Waals surface area contributed by atoms with Gasteiger partial charge in [-0.25, -0.2) is 0 Å². The van der Waals surface area contributed by atoms with Gasteiger partial charge in [-0.05, 0) is 59.9 Å². The molecule has 0 aromatic heterocycles. The van der Waals surface area contributed by atoms with Crippen molar-refractivity contribution in [1.29, 1.82) is 0 Å². The van der Waals surface area contributed by atoms with E-state index < -0.39 is 0 Å². The Morgan fingerprint density at radius 2 is 2.00 bits per heavy atom. The molecule has 1 saturated carbocycles. The highest BCUT2D eigenvalue weighted by atomic mass is 127. The number of hydrogen-bond donors (Lipinski definition) is 0. The van der Waals surface area contributed by atoms with Crippen molar-refractivity contribution in [1.82, 2.24) is 0 Å². The standard InChI is InChI=1S/C14H19I/c1-11-6-9-14(15)13(10-11)8-7-12-4-2-3-5-12/h6,9-10,12H,2-5,7-8H2,1H3. The van der Waals surface area contributed by atoms with Crippen molar-refractivity contribution >= 4 is 22.6 Å². The zero-order valence-corrected chi connectivity index (χ0v) is 11.6. The minimum Gasteiger partial charge on any atom is -0.0583 e. The molecule has 0 bridgehead atoms. The van der Waals surface area contributed by atoms with Crippen LogP contribution in [-0.4, -0.2) is 0 Å². The van der Waals surface area contributed by atoms with Crippen molar-refractivity contribution in [2.24, 2.45) is 5.92 Å². The van der Waals surface area contributed by atoms with Crippen molar-refractivity contribution in [3.05, 3.63) is 32.9 Å². The van der Waals surface area contributed by atoms with Crippen LogP contribution in [0.5, 0.6) is 0 Å². The fourth-order valence-electron chi connectivity index (χ4n) is 2.55. The van der Waals surface area contributed by atoms with Crippen LogP contribution in [0.3, 0.4) is 0 Å². The van der Waals surface area contributed by atoms with Gasteiger partial charge in [0, 0.05) is 3.57 Å². The van der Waals surface area contributed by atoms with E-state index in [-0.39, 0.29) is 0 Å². The minimum absolute atomic E-state index is 1.02. The van der Waals surface area contributed by atoms with Gasteiger partial charge in [-0.1, -0.05) is 43.4 Å². The van der Waals surface area contributed by atoms with Crippen LogP contribution >= 0.6 is 22.6 Å². The SMILES string of the molecule is Cc1ccc(I)c(CCC2CCCC2)c1. The predicted molar refractivity (Wildman–Crippen MR) is 74.2 cm³/mol. The number of hydrogen-bond acceptors (Lipinski definition) is 0. The van der Waals surface area contributed by atoms with Crippen LogP contribution in [0.15, 0.2) is 18.2 Å². The number of aryl methyl sites for hydroxylation is 2. The molecule has 2 rings (SSSR count). The van der Waals surface area contributed by atoms with E-state index in [9.17, 15) is 0 Å². The maximum Gasteiger partial charge on any atom is 0.0162 e. The van der Waals surface area contributed by atoms with Gasteiger partial charge in [0.05, 0.1) is 0 Å². The summed E-state index contributed by atoms with van der Waals surface area (Å²) < 4.78 is 1.44. The lowest BCUT2D eigenvalue weighted by molar-refractivity contribution is 0.503. The Morgan fingerprint density at radius 3 is 2.73 bits per heavy atom. The number of halogens is 1. The lowest BCUT2D eigenvalue weighted by Crippen LogP contribution is -1.98. The second-order valence-corrected chi connectivity index (χ2v) is 5.95. The lowest BCUT2D eigenvalue weighted by Gasteiger charge is -2.10. The van der Waals surface area contributed by atoms with Crippen molar-refractivity contribution in [2.75, 3.05) is 0 Å². The first-order valence-corrected chi connectivity index (χ1v) is 7.08. The van der Waals surface area contributed by atoms with Crippen molar-refractivity contribution in [3.8, 4) is 0 Å². The number of benzene rings is 1. The van der Waals surface area contributed by atoms with Gasteiger partial charge < -0.3 is 0 Å². The predicted octanol–water partition coefficient (Wildman–Crippen LogP) is 4.72. The second kappa shape index (κ2) is 5.33. The maximum atomic E-state index is 2.46. The third kappa shape index (κ3) is 3.20. The summed E-state index contributed by atoms with van der Waals surface area (Å²) in [5.74, 6) is 1.02. The Balaban J connectivity index is 1.94. The van der Waals surface area contributed by atoms with Crippen LogP contribution in [0.2, 0.25) is 0 Å². The molecule has 15 heavy (non-hydrogen) atoms. The Bertz CT molecular complexity index is 324. The molecular weight excluding hydrogens is 295 g/mol. The molecule has 1 aliphatic rings. The third-order valence-electron chi connectivity index (χ3n) is 3.50. The summed E-state index contributed by atoms with van der Waals surface area (Å²) in [6.07, 6.45) is 8.57. The smallest absolute Gasteiger partial charge is 0.0162 e. The molecule has 0 nitrogen and oxygen atoms in total. The van der Waals surface area contributed by atoms with Gasteiger partial charge in [0.15, 0.2) is 0 Å². The van der Waals surface area contributed by atoms with Gasteiger partial charge in [-0.3, -0.25) is 0 Å². The Morgan fingerprint density at radius 1 is 1.27 bits per heavy atom. The van der Waals surface area contributed by atoms with E-state index in [1.165, 1.54) is 47.7 Å². The molecule has 1 heteroatoms. The van der Waals surface area contributed by atoms with Gasteiger partial charge in [-0.2, -0.15) is 0 Å². The summed E-state index contributed by atoms with van der Waals surface area (Å²) >= 11 is 2.46. The van der Waals surface area contributed by atoms with Gasteiger partial charge in [0.25, 0.3) is 0 Å². The summed E-state index contributed by atoms with van der Waals surface area (Å²) in [4.78, 5) is 0. The Hall–Kier alpha value is -0.0500. The van der Waals surface area contributed by atoms with Crippen molar-refractivity contribution < 1.29 is 0 Å². The first-order chi connectivity index (χ1) is 7.25. The largest absolute Gasteiger partial charge is 0.0583 e. The lowest BCUT2D eigenvalue weighted by atomic mass is 9.97. The molecule has 0 heterocycles. The molecule has 0 spiro atoms. The van der Waals surface area contributed by atoms with Crippen LogP contribution in [-0.2, 0) is 6.42 Å². The normalized spacial score (nSPS) is 17.2. The highest BCUT2D eigenvalue weighted by molar-refractivity contribution is 14.1. The molecule has 0 unspecified atom stereocenters. The highest BCUT2D eigenvalue weighted by Gasteiger charge is 2.14. The first-order valence-electron chi connectivity index (χ1n) is 6.01. The number of rotatable bonds is 3. The van der Waals surface area contributed by atoms with E-state index in [4.69, 9.17) is 0 Å². The molecule has 0 atom stereocenters. The van der Waals surface area contributed by atoms with E-state index in [1.807, 2.05) is 0 Å². The highest BCUT2D eigenvalue weighted by Crippen LogP contribution is 2.29. The third-order valence-corrected chi connectivity index (χ3v) is 4.55. The summed E-state index contributed by atoms with van der Waals surface area (Å²) in [6, 6.07) is 6.82. The Kier molecular flexibility index (Phi) is 4.06. The summed E-state index contributed by atoms with van der Waals surface area (Å²) in [6.45, 7) is 2.19. The van der Waals surface area contributed by atoms with Crippen LogP contribution in [0.25, 0.3) is 0 Å². The fourth-order valence-corrected chi connectivity index (χ4v) is 3.16. The summed E-state index contributed by atoms with van der Waals surface area (Å²) in [5.41, 5.74) is 2.96. The summed E-state index contributed by atoms with van der Waals surface area (Å²) in [5, 5.41) is 0. The molecule has 0 amide bonds. The van der Waals surface area contributed by atoms with Crippen LogP contribution in [0, 0.1) is 16.4 Å². The van der Waals surface area contributed by atoms with Crippen LogP contribution in [0.1, 0.15) is 43.2 Å². The van der Waals surface area contributed by atoms with Crippen molar-refractivity contribution in [2.45, 2.75) is 45.4 Å². The van der Waals surface area contributed by atoms with E-state index in [0.717, 1.165) is 5.92 Å². The summed E-state index contributed by atoms with van der Waals surface area (Å²) in [7, 11) is 0. The van der Waals surface area contributed by atoms with E-state index in [0.29, 0.717) is 0 Å². The molecule has 1 aliphatic carbocycles. The average molecular weight is 314 g/mol. The molecule has 1 aromatic carbocycles. The van der Waals surface area contributed by atoms with Gasteiger partial charge in [0.1, 0.15) is 0 Å². The average Bonchev–Trinajstić information content (AvgIpc) is 2.72. The molecule has 0 radical (unpaired) electrons. The second-order valence-electron chi connectivity index (χ2n) is 4.78. The molecule has 0 aliphatic heterocycles. The molecule has 0 saturated heterocycles. The topological polar surface area (TPSA) is 0 Å². The quantitative estimate of drug-likeness (QED) is 0.708. The van der Waals surface area contributed by atoms with E-state index in [2.05, 4.69) is 47.7 Å². The van der Waals surface area contributed by atoms with Crippen molar-refractivity contribution in [3.63, 3.8) is 0 Å². The molecule has 1 aromatic rings. The molecule has 82 valence electrons. The molecular formula is C14H19I. The molecule has 1 fully saturated rings. The van der Waals surface area contributed by atoms with Gasteiger partial charge >= 0.3 is 0 Å². The monoisotopic (exact) mass is 314 g/mol. The van der Waals surface area contributed by atoms with Gasteiger partial charge in [-0.15, -0.1) is 0 Å². The van der Waals surface area contributed by atoms with Crippen LogP contribution in [0.4, 0.5) is 0 Å². The minimum atomic E-state index is 1.02.